The van der Waals surface area contributed by atoms with E-state index in [1.807, 2.05) is 30.3 Å². The number of fused-ring (bicyclic) bond motifs is 3. The first-order chi connectivity index (χ1) is 13.1. The molecule has 6 heteroatoms. The van der Waals surface area contributed by atoms with Gasteiger partial charge >= 0.3 is 5.97 Å². The molecule has 2 N–H and O–H groups in total. The van der Waals surface area contributed by atoms with Crippen LogP contribution in [0.15, 0.2) is 71.1 Å². The van der Waals surface area contributed by atoms with Crippen LogP contribution >= 0.6 is 0 Å². The molecule has 0 atom stereocenters. The van der Waals surface area contributed by atoms with Gasteiger partial charge in [0.15, 0.2) is 6.61 Å². The number of ether oxygens (including phenoxy) is 1. The van der Waals surface area contributed by atoms with Crippen molar-refractivity contribution < 1.29 is 23.8 Å². The molecule has 0 saturated carbocycles. The smallest absolute Gasteiger partial charge is 0.342 e. The third kappa shape index (κ3) is 3.32. The number of carbonyl (C=O) groups excluding carboxylic acids is 2. The first-order valence-corrected chi connectivity index (χ1v) is 8.28. The van der Waals surface area contributed by atoms with E-state index in [9.17, 15) is 14.7 Å². The first kappa shape index (κ1) is 16.7. The monoisotopic (exact) mass is 361 g/mol. The number of para-hydroxylation sites is 2. The number of rotatable bonds is 4. The Kier molecular flexibility index (Phi) is 4.22. The Bertz CT molecular complexity index is 1160. The van der Waals surface area contributed by atoms with Crippen LogP contribution in [0.3, 0.4) is 0 Å². The Labute approximate surface area is 154 Å². The standard InChI is InChI=1S/C21H15NO5/c23-17-7-3-1-6-15(17)21(25)26-12-20(24)22-13-9-10-19-16(11-13)14-5-2-4-8-18(14)27-19/h1-11,23H,12H2,(H,22,24). The van der Waals surface area contributed by atoms with Gasteiger partial charge in [0, 0.05) is 16.5 Å². The molecule has 1 aromatic heterocycles. The minimum atomic E-state index is -0.764. The highest BCUT2D eigenvalue weighted by atomic mass is 16.5. The third-order valence-corrected chi connectivity index (χ3v) is 4.12. The van der Waals surface area contributed by atoms with Crippen molar-refractivity contribution >= 4 is 39.5 Å². The molecule has 0 aliphatic carbocycles. The van der Waals surface area contributed by atoms with Crippen molar-refractivity contribution in [2.75, 3.05) is 11.9 Å². The van der Waals surface area contributed by atoms with Crippen LogP contribution in [0, 0.1) is 0 Å². The lowest BCUT2D eigenvalue weighted by Gasteiger charge is -2.07. The molecule has 0 aliphatic heterocycles. The van der Waals surface area contributed by atoms with Crippen LogP contribution in [0.25, 0.3) is 21.9 Å². The molecule has 1 amide bonds. The SMILES string of the molecule is O=C(COC(=O)c1ccccc1O)Nc1ccc2oc3ccccc3c2c1. The van der Waals surface area contributed by atoms with E-state index in [0.29, 0.717) is 5.69 Å². The zero-order valence-corrected chi connectivity index (χ0v) is 14.1. The molecule has 4 aromatic rings. The second-order valence-corrected chi connectivity index (χ2v) is 5.95. The Morgan fingerprint density at radius 2 is 1.67 bits per heavy atom. The van der Waals surface area contributed by atoms with Crippen LogP contribution in [0.2, 0.25) is 0 Å². The molecule has 134 valence electrons. The van der Waals surface area contributed by atoms with Crippen molar-refractivity contribution in [1.29, 1.82) is 0 Å². The average molecular weight is 361 g/mol. The van der Waals surface area contributed by atoms with E-state index in [0.717, 1.165) is 21.9 Å². The lowest BCUT2D eigenvalue weighted by Crippen LogP contribution is -2.20. The van der Waals surface area contributed by atoms with E-state index in [-0.39, 0.29) is 11.3 Å². The molecular formula is C21H15NO5. The van der Waals surface area contributed by atoms with Gasteiger partial charge in [-0.15, -0.1) is 0 Å². The van der Waals surface area contributed by atoms with Crippen LogP contribution in [-0.2, 0) is 9.53 Å². The number of phenols is 1. The fourth-order valence-electron chi connectivity index (χ4n) is 2.86. The van der Waals surface area contributed by atoms with Gasteiger partial charge in [-0.25, -0.2) is 4.79 Å². The summed E-state index contributed by atoms with van der Waals surface area (Å²) in [5.41, 5.74) is 2.07. The number of hydrogen-bond donors (Lipinski definition) is 2. The molecule has 4 rings (SSSR count). The molecular weight excluding hydrogens is 346 g/mol. The summed E-state index contributed by atoms with van der Waals surface area (Å²) in [6, 6.07) is 18.9. The minimum absolute atomic E-state index is 0.0107. The number of anilines is 1. The summed E-state index contributed by atoms with van der Waals surface area (Å²) in [7, 11) is 0. The molecule has 6 nitrogen and oxygen atoms in total. The average Bonchev–Trinajstić information content (AvgIpc) is 3.04. The van der Waals surface area contributed by atoms with Crippen LogP contribution in [0.4, 0.5) is 5.69 Å². The minimum Gasteiger partial charge on any atom is -0.507 e. The number of nitrogens with one attached hydrogen (secondary N) is 1. The van der Waals surface area contributed by atoms with E-state index < -0.39 is 18.5 Å². The molecule has 0 bridgehead atoms. The summed E-state index contributed by atoms with van der Waals surface area (Å²) in [6.45, 7) is -0.461. The van der Waals surface area contributed by atoms with Gasteiger partial charge in [0.25, 0.3) is 5.91 Å². The van der Waals surface area contributed by atoms with Crippen molar-refractivity contribution in [3.05, 3.63) is 72.3 Å². The Hall–Kier alpha value is -3.80. The summed E-state index contributed by atoms with van der Waals surface area (Å²) >= 11 is 0. The predicted octanol–water partition coefficient (Wildman–Crippen LogP) is 4.09. The summed E-state index contributed by atoms with van der Waals surface area (Å²) in [5, 5.41) is 14.2. The first-order valence-electron chi connectivity index (χ1n) is 8.28. The number of esters is 1. The molecule has 0 unspecified atom stereocenters. The molecule has 0 spiro atoms. The Balaban J connectivity index is 1.46. The number of benzene rings is 3. The van der Waals surface area contributed by atoms with Gasteiger partial charge < -0.3 is 19.6 Å². The number of furan rings is 1. The fraction of sp³-hybridized carbons (Fsp3) is 0.0476. The van der Waals surface area contributed by atoms with E-state index in [4.69, 9.17) is 9.15 Å². The quantitative estimate of drug-likeness (QED) is 0.535. The van der Waals surface area contributed by atoms with Crippen LogP contribution < -0.4 is 5.32 Å². The van der Waals surface area contributed by atoms with Crippen molar-refractivity contribution in [2.45, 2.75) is 0 Å². The lowest BCUT2D eigenvalue weighted by molar-refractivity contribution is -0.119. The maximum Gasteiger partial charge on any atom is 0.342 e. The maximum absolute atomic E-state index is 12.1. The second kappa shape index (κ2) is 6.84. The number of aromatic hydroxyl groups is 1. The number of amides is 1. The second-order valence-electron chi connectivity index (χ2n) is 5.95. The maximum atomic E-state index is 12.1. The Morgan fingerprint density at radius 3 is 2.52 bits per heavy atom. The van der Waals surface area contributed by atoms with Gasteiger partial charge in [0.1, 0.15) is 22.5 Å². The van der Waals surface area contributed by atoms with E-state index in [2.05, 4.69) is 5.32 Å². The topological polar surface area (TPSA) is 88.8 Å². The Morgan fingerprint density at radius 1 is 0.926 bits per heavy atom. The predicted molar refractivity (Wildman–Crippen MR) is 101 cm³/mol. The fourth-order valence-corrected chi connectivity index (χ4v) is 2.86. The number of carbonyl (C=O) groups is 2. The molecule has 1 heterocycles. The summed E-state index contributed by atoms with van der Waals surface area (Å²) in [5.74, 6) is -1.44. The van der Waals surface area contributed by atoms with Gasteiger partial charge in [-0.1, -0.05) is 30.3 Å². The highest BCUT2D eigenvalue weighted by Crippen LogP contribution is 2.30. The number of hydrogen-bond acceptors (Lipinski definition) is 5. The lowest BCUT2D eigenvalue weighted by atomic mass is 10.1. The summed E-state index contributed by atoms with van der Waals surface area (Å²) in [6.07, 6.45) is 0. The molecule has 0 fully saturated rings. The third-order valence-electron chi connectivity index (χ3n) is 4.12. The molecule has 0 saturated heterocycles. The van der Waals surface area contributed by atoms with E-state index in [1.165, 1.54) is 12.1 Å². The summed E-state index contributed by atoms with van der Waals surface area (Å²) in [4.78, 5) is 24.0. The highest BCUT2D eigenvalue weighted by molar-refractivity contribution is 6.07. The van der Waals surface area contributed by atoms with Crippen molar-refractivity contribution in [3.8, 4) is 5.75 Å². The van der Waals surface area contributed by atoms with Gasteiger partial charge in [0.2, 0.25) is 0 Å². The molecule has 27 heavy (non-hydrogen) atoms. The van der Waals surface area contributed by atoms with Crippen LogP contribution in [0.5, 0.6) is 5.75 Å². The van der Waals surface area contributed by atoms with Crippen LogP contribution in [-0.4, -0.2) is 23.6 Å². The zero-order chi connectivity index (χ0) is 18.8. The summed E-state index contributed by atoms with van der Waals surface area (Å²) < 4.78 is 10.7. The van der Waals surface area contributed by atoms with Crippen molar-refractivity contribution in [2.24, 2.45) is 0 Å². The van der Waals surface area contributed by atoms with Gasteiger partial charge in [-0.2, -0.15) is 0 Å². The molecule has 0 radical (unpaired) electrons. The van der Waals surface area contributed by atoms with Crippen molar-refractivity contribution in [3.63, 3.8) is 0 Å². The van der Waals surface area contributed by atoms with Gasteiger partial charge in [0.05, 0.1) is 0 Å². The largest absolute Gasteiger partial charge is 0.507 e. The zero-order valence-electron chi connectivity index (χ0n) is 14.1. The van der Waals surface area contributed by atoms with Gasteiger partial charge in [-0.05, 0) is 36.4 Å². The van der Waals surface area contributed by atoms with Gasteiger partial charge in [-0.3, -0.25) is 4.79 Å². The van der Waals surface area contributed by atoms with Crippen molar-refractivity contribution in [1.82, 2.24) is 0 Å². The highest BCUT2D eigenvalue weighted by Gasteiger charge is 2.14. The van der Waals surface area contributed by atoms with Crippen LogP contribution in [0.1, 0.15) is 10.4 Å². The van der Waals surface area contributed by atoms with E-state index in [1.54, 1.807) is 24.3 Å². The normalized spacial score (nSPS) is 10.8. The molecule has 0 aliphatic rings. The van der Waals surface area contributed by atoms with E-state index >= 15 is 0 Å². The molecule has 3 aromatic carbocycles. The number of phenolic OH excluding ortho intramolecular Hbond substituents is 1.